The zero-order valence-electron chi connectivity index (χ0n) is 10.6. The summed E-state index contributed by atoms with van der Waals surface area (Å²) >= 11 is 1.40. The second-order valence-corrected chi connectivity index (χ2v) is 4.75. The van der Waals surface area contributed by atoms with Crippen molar-refractivity contribution < 1.29 is 4.79 Å². The van der Waals surface area contributed by atoms with Crippen LogP contribution in [0.4, 0.5) is 5.82 Å². The number of carbonyl (C=O) groups excluding carboxylic acids is 1. The number of rotatable bonds is 3. The van der Waals surface area contributed by atoms with Crippen LogP contribution in [0.1, 0.15) is 10.4 Å². The number of thioether (sulfide) groups is 1. The summed E-state index contributed by atoms with van der Waals surface area (Å²) in [5.41, 5.74) is 1.73. The normalized spacial score (nSPS) is 10.7. The highest BCUT2D eigenvalue weighted by atomic mass is 32.2. The van der Waals surface area contributed by atoms with Gasteiger partial charge in [-0.3, -0.25) is 4.79 Å². The molecule has 6 nitrogen and oxygen atoms in total. The van der Waals surface area contributed by atoms with E-state index in [0.717, 1.165) is 0 Å². The number of hydrogen-bond donors (Lipinski definition) is 2. The number of nitrogens with one attached hydrogen (secondary N) is 2. The molecule has 0 radical (unpaired) electrons. The molecule has 3 rings (SSSR count). The van der Waals surface area contributed by atoms with Crippen LogP contribution in [0.3, 0.4) is 0 Å². The van der Waals surface area contributed by atoms with Gasteiger partial charge in [-0.05, 0) is 18.4 Å². The fourth-order valence-electron chi connectivity index (χ4n) is 1.76. The summed E-state index contributed by atoms with van der Waals surface area (Å²) in [7, 11) is 0. The molecule has 20 heavy (non-hydrogen) atoms. The first kappa shape index (κ1) is 12.6. The molecule has 3 aromatic rings. The maximum Gasteiger partial charge on any atom is 0.256 e. The van der Waals surface area contributed by atoms with Gasteiger partial charge < -0.3 is 10.3 Å². The Kier molecular flexibility index (Phi) is 3.34. The van der Waals surface area contributed by atoms with Crippen molar-refractivity contribution in [3.8, 4) is 0 Å². The molecule has 0 bridgehead atoms. The number of carbonyl (C=O) groups is 1. The number of nitrogens with zero attached hydrogens (tertiary/aromatic N) is 3. The number of anilines is 1. The molecular weight excluding hydrogens is 274 g/mol. The number of aromatic nitrogens is 4. The number of fused-ring (bicyclic) bond motifs is 1. The minimum Gasteiger partial charge on any atom is -0.340 e. The average Bonchev–Trinajstić information content (AvgIpc) is 2.96. The van der Waals surface area contributed by atoms with Gasteiger partial charge in [0.15, 0.2) is 16.6 Å². The Bertz CT molecular complexity index is 756. The van der Waals surface area contributed by atoms with E-state index in [1.54, 1.807) is 12.1 Å². The van der Waals surface area contributed by atoms with E-state index in [1.807, 2.05) is 24.5 Å². The highest BCUT2D eigenvalue weighted by Gasteiger charge is 2.13. The van der Waals surface area contributed by atoms with Crippen LogP contribution in [0.5, 0.6) is 0 Å². The first-order valence-electron chi connectivity index (χ1n) is 5.89. The zero-order valence-corrected chi connectivity index (χ0v) is 11.4. The molecular formula is C13H11N5OS. The van der Waals surface area contributed by atoms with Crippen molar-refractivity contribution in [2.24, 2.45) is 0 Å². The van der Waals surface area contributed by atoms with Gasteiger partial charge in [0, 0.05) is 5.56 Å². The third kappa shape index (κ3) is 2.35. The molecule has 2 N–H and O–H groups in total. The Morgan fingerprint density at radius 1 is 1.25 bits per heavy atom. The van der Waals surface area contributed by atoms with Crippen molar-refractivity contribution in [3.05, 3.63) is 42.2 Å². The van der Waals surface area contributed by atoms with Crippen molar-refractivity contribution in [3.63, 3.8) is 0 Å². The van der Waals surface area contributed by atoms with Crippen LogP contribution in [0.15, 0.2) is 41.8 Å². The Balaban J connectivity index is 1.98. The molecule has 7 heteroatoms. The summed E-state index contributed by atoms with van der Waals surface area (Å²) in [5.74, 6) is 0.220. The van der Waals surface area contributed by atoms with E-state index in [-0.39, 0.29) is 5.91 Å². The molecule has 0 fully saturated rings. The van der Waals surface area contributed by atoms with Crippen molar-refractivity contribution in [2.75, 3.05) is 11.6 Å². The SMILES string of the molecule is CSc1nc(NC(=O)c2ccccc2)c2[nH]cnc2n1. The molecule has 0 unspecified atom stereocenters. The summed E-state index contributed by atoms with van der Waals surface area (Å²) in [6.45, 7) is 0. The van der Waals surface area contributed by atoms with Crippen LogP contribution >= 0.6 is 11.8 Å². The van der Waals surface area contributed by atoms with Gasteiger partial charge in [-0.15, -0.1) is 0 Å². The van der Waals surface area contributed by atoms with Crippen molar-refractivity contribution in [1.82, 2.24) is 19.9 Å². The van der Waals surface area contributed by atoms with Gasteiger partial charge in [0.2, 0.25) is 0 Å². The Morgan fingerprint density at radius 2 is 2.05 bits per heavy atom. The predicted octanol–water partition coefficient (Wildman–Crippen LogP) is 2.33. The van der Waals surface area contributed by atoms with E-state index in [0.29, 0.717) is 27.7 Å². The maximum absolute atomic E-state index is 12.2. The molecule has 0 spiro atoms. The van der Waals surface area contributed by atoms with Gasteiger partial charge in [0.05, 0.1) is 6.33 Å². The van der Waals surface area contributed by atoms with E-state index in [2.05, 4.69) is 25.3 Å². The molecule has 1 aromatic carbocycles. The molecule has 0 saturated heterocycles. The Hall–Kier alpha value is -2.41. The Labute approximate surface area is 119 Å². The number of hydrogen-bond acceptors (Lipinski definition) is 5. The third-order valence-electron chi connectivity index (χ3n) is 2.72. The van der Waals surface area contributed by atoms with E-state index in [9.17, 15) is 4.79 Å². The second kappa shape index (κ2) is 5.30. The predicted molar refractivity (Wildman–Crippen MR) is 77.9 cm³/mol. The van der Waals surface area contributed by atoms with Gasteiger partial charge in [0.1, 0.15) is 5.52 Å². The van der Waals surface area contributed by atoms with Gasteiger partial charge >= 0.3 is 0 Å². The molecule has 1 amide bonds. The van der Waals surface area contributed by atoms with Crippen LogP contribution in [0.2, 0.25) is 0 Å². The summed E-state index contributed by atoms with van der Waals surface area (Å²) < 4.78 is 0. The van der Waals surface area contributed by atoms with Crippen LogP contribution in [0.25, 0.3) is 11.2 Å². The van der Waals surface area contributed by atoms with Crippen LogP contribution in [0, 0.1) is 0 Å². The molecule has 0 atom stereocenters. The highest BCUT2D eigenvalue weighted by Crippen LogP contribution is 2.21. The second-order valence-electron chi connectivity index (χ2n) is 3.98. The van der Waals surface area contributed by atoms with Crippen LogP contribution < -0.4 is 5.32 Å². The minimum atomic E-state index is -0.216. The van der Waals surface area contributed by atoms with Crippen LogP contribution in [-0.4, -0.2) is 32.1 Å². The monoisotopic (exact) mass is 285 g/mol. The minimum absolute atomic E-state index is 0.216. The third-order valence-corrected chi connectivity index (χ3v) is 3.26. The first-order chi connectivity index (χ1) is 9.78. The fraction of sp³-hybridized carbons (Fsp3) is 0.0769. The lowest BCUT2D eigenvalue weighted by molar-refractivity contribution is 0.102. The fourth-order valence-corrected chi connectivity index (χ4v) is 2.12. The molecule has 2 heterocycles. The van der Waals surface area contributed by atoms with E-state index >= 15 is 0 Å². The quantitative estimate of drug-likeness (QED) is 0.570. The molecule has 0 saturated carbocycles. The largest absolute Gasteiger partial charge is 0.340 e. The van der Waals surface area contributed by atoms with Crippen LogP contribution in [-0.2, 0) is 0 Å². The summed E-state index contributed by atoms with van der Waals surface area (Å²) in [6, 6.07) is 8.98. The average molecular weight is 285 g/mol. The lowest BCUT2D eigenvalue weighted by atomic mass is 10.2. The lowest BCUT2D eigenvalue weighted by Crippen LogP contribution is -2.13. The summed E-state index contributed by atoms with van der Waals surface area (Å²) in [4.78, 5) is 27.8. The smallest absolute Gasteiger partial charge is 0.256 e. The van der Waals surface area contributed by atoms with Crippen molar-refractivity contribution >= 4 is 34.7 Å². The summed E-state index contributed by atoms with van der Waals surface area (Å²) in [6.07, 6.45) is 3.40. The number of amides is 1. The number of H-pyrrole nitrogens is 1. The van der Waals surface area contributed by atoms with Crippen molar-refractivity contribution in [2.45, 2.75) is 5.16 Å². The van der Waals surface area contributed by atoms with Gasteiger partial charge in [-0.25, -0.2) is 15.0 Å². The van der Waals surface area contributed by atoms with Gasteiger partial charge in [-0.2, -0.15) is 0 Å². The number of imidazole rings is 1. The number of aromatic amines is 1. The lowest BCUT2D eigenvalue weighted by Gasteiger charge is -2.06. The first-order valence-corrected chi connectivity index (χ1v) is 7.12. The molecule has 0 aliphatic carbocycles. The summed E-state index contributed by atoms with van der Waals surface area (Å²) in [5, 5.41) is 3.35. The molecule has 0 aliphatic rings. The molecule has 2 aromatic heterocycles. The maximum atomic E-state index is 12.2. The standard InChI is InChI=1S/C13H11N5OS/c1-20-13-17-10-9(14-7-15-10)11(18-13)16-12(19)8-5-3-2-4-6-8/h2-7H,1H3,(H2,14,15,16,17,18,19). The van der Waals surface area contributed by atoms with Gasteiger partial charge in [0.25, 0.3) is 5.91 Å². The topological polar surface area (TPSA) is 83.6 Å². The number of benzene rings is 1. The highest BCUT2D eigenvalue weighted by molar-refractivity contribution is 7.98. The van der Waals surface area contributed by atoms with E-state index in [4.69, 9.17) is 0 Å². The van der Waals surface area contributed by atoms with E-state index < -0.39 is 0 Å². The van der Waals surface area contributed by atoms with Crippen molar-refractivity contribution in [1.29, 1.82) is 0 Å². The van der Waals surface area contributed by atoms with Gasteiger partial charge in [-0.1, -0.05) is 30.0 Å². The Morgan fingerprint density at radius 3 is 2.80 bits per heavy atom. The molecule has 0 aliphatic heterocycles. The zero-order chi connectivity index (χ0) is 13.9. The van der Waals surface area contributed by atoms with E-state index in [1.165, 1.54) is 18.1 Å². The molecule has 100 valence electrons.